The third kappa shape index (κ3) is 2.99. The first-order valence-electron chi connectivity index (χ1n) is 5.44. The molecule has 1 N–H and O–H groups in total. The number of amides is 1. The summed E-state index contributed by atoms with van der Waals surface area (Å²) in [5, 5.41) is 2.22. The van der Waals surface area contributed by atoms with Crippen LogP contribution in [0.5, 0.6) is 0 Å². The third-order valence-electron chi connectivity index (χ3n) is 2.46. The molecular weight excluding hydrogens is 222 g/mol. The average Bonchev–Trinajstić information content (AvgIpc) is 2.16. The van der Waals surface area contributed by atoms with Crippen LogP contribution in [-0.2, 0) is 4.79 Å². The van der Waals surface area contributed by atoms with Gasteiger partial charge in [-0.2, -0.15) is 0 Å². The molecule has 1 rings (SSSR count). The highest BCUT2D eigenvalue weighted by Gasteiger charge is 2.21. The van der Waals surface area contributed by atoms with Crippen LogP contribution in [0.4, 0.5) is 0 Å². The Morgan fingerprint density at radius 1 is 1.25 bits per heavy atom. The van der Waals surface area contributed by atoms with Crippen LogP contribution in [0.3, 0.4) is 0 Å². The second-order valence-electron chi connectivity index (χ2n) is 4.33. The standard InChI is InChI=1S/C13H18ClNO/c1-8(2)15-13(16)12(14)11-9(3)6-5-7-10(11)4/h5-8,12H,1-4H3,(H,15,16). The predicted molar refractivity (Wildman–Crippen MR) is 67.8 cm³/mol. The SMILES string of the molecule is Cc1cccc(C)c1C(Cl)C(=O)NC(C)C. The van der Waals surface area contributed by atoms with Crippen LogP contribution in [0.25, 0.3) is 0 Å². The van der Waals surface area contributed by atoms with Gasteiger partial charge in [-0.3, -0.25) is 4.79 Å². The number of benzene rings is 1. The van der Waals surface area contributed by atoms with Gasteiger partial charge >= 0.3 is 0 Å². The molecule has 0 bridgehead atoms. The summed E-state index contributed by atoms with van der Waals surface area (Å²) in [6, 6.07) is 6.02. The molecule has 3 heteroatoms. The molecule has 1 unspecified atom stereocenters. The van der Waals surface area contributed by atoms with Crippen molar-refractivity contribution in [3.63, 3.8) is 0 Å². The Labute approximate surface area is 102 Å². The van der Waals surface area contributed by atoms with Gasteiger partial charge in [0, 0.05) is 6.04 Å². The van der Waals surface area contributed by atoms with E-state index in [0.717, 1.165) is 16.7 Å². The molecule has 88 valence electrons. The number of nitrogens with one attached hydrogen (secondary N) is 1. The van der Waals surface area contributed by atoms with Crippen molar-refractivity contribution in [2.24, 2.45) is 0 Å². The minimum absolute atomic E-state index is 0.109. The largest absolute Gasteiger partial charge is 0.352 e. The quantitative estimate of drug-likeness (QED) is 0.807. The molecule has 0 radical (unpaired) electrons. The number of alkyl halides is 1. The first-order valence-corrected chi connectivity index (χ1v) is 5.87. The van der Waals surface area contributed by atoms with Crippen molar-refractivity contribution >= 4 is 17.5 Å². The van der Waals surface area contributed by atoms with Crippen LogP contribution in [0.15, 0.2) is 18.2 Å². The number of rotatable bonds is 3. The molecule has 0 aliphatic rings. The lowest BCUT2D eigenvalue weighted by molar-refractivity contribution is -0.121. The number of carbonyl (C=O) groups excluding carboxylic acids is 1. The third-order valence-corrected chi connectivity index (χ3v) is 2.87. The smallest absolute Gasteiger partial charge is 0.242 e. The van der Waals surface area contributed by atoms with Gasteiger partial charge in [0.1, 0.15) is 5.38 Å². The molecule has 1 atom stereocenters. The second kappa shape index (κ2) is 5.35. The minimum atomic E-state index is -0.608. The van der Waals surface area contributed by atoms with Gasteiger partial charge < -0.3 is 5.32 Å². The maximum atomic E-state index is 11.8. The van der Waals surface area contributed by atoms with Gasteiger partial charge in [0.15, 0.2) is 0 Å². The van der Waals surface area contributed by atoms with Crippen molar-refractivity contribution in [3.8, 4) is 0 Å². The zero-order valence-electron chi connectivity index (χ0n) is 10.2. The molecule has 0 spiro atoms. The van der Waals surface area contributed by atoms with E-state index in [0.29, 0.717) is 0 Å². The molecule has 0 saturated carbocycles. The molecule has 1 aromatic rings. The summed E-state index contributed by atoms with van der Waals surface area (Å²) < 4.78 is 0. The summed E-state index contributed by atoms with van der Waals surface area (Å²) in [5.74, 6) is -0.130. The van der Waals surface area contributed by atoms with E-state index >= 15 is 0 Å². The highest BCUT2D eigenvalue weighted by molar-refractivity contribution is 6.31. The van der Waals surface area contributed by atoms with Crippen molar-refractivity contribution in [1.82, 2.24) is 5.32 Å². The van der Waals surface area contributed by atoms with E-state index in [1.54, 1.807) is 0 Å². The maximum absolute atomic E-state index is 11.8. The molecule has 1 amide bonds. The summed E-state index contributed by atoms with van der Waals surface area (Å²) in [6.07, 6.45) is 0. The van der Waals surface area contributed by atoms with Crippen molar-refractivity contribution in [1.29, 1.82) is 0 Å². The Morgan fingerprint density at radius 3 is 2.19 bits per heavy atom. The first kappa shape index (κ1) is 13.0. The molecule has 0 aliphatic carbocycles. The Hall–Kier alpha value is -1.02. The monoisotopic (exact) mass is 239 g/mol. The number of aryl methyl sites for hydroxylation is 2. The van der Waals surface area contributed by atoms with Crippen molar-refractivity contribution in [3.05, 3.63) is 34.9 Å². The first-order chi connectivity index (χ1) is 7.43. The second-order valence-corrected chi connectivity index (χ2v) is 4.77. The summed E-state index contributed by atoms with van der Waals surface area (Å²) in [4.78, 5) is 11.8. The topological polar surface area (TPSA) is 29.1 Å². The molecule has 0 saturated heterocycles. The van der Waals surface area contributed by atoms with E-state index in [4.69, 9.17) is 11.6 Å². The van der Waals surface area contributed by atoms with Gasteiger partial charge in [0.2, 0.25) is 5.91 Å². The summed E-state index contributed by atoms with van der Waals surface area (Å²) >= 11 is 6.20. The molecule has 0 fully saturated rings. The number of carbonyl (C=O) groups is 1. The summed E-state index contributed by atoms with van der Waals surface area (Å²) in [6.45, 7) is 7.79. The molecule has 0 aromatic heterocycles. The van der Waals surface area contributed by atoms with E-state index < -0.39 is 5.38 Å². The average molecular weight is 240 g/mol. The van der Waals surface area contributed by atoms with Gasteiger partial charge in [-0.05, 0) is 44.4 Å². The Kier molecular flexibility index (Phi) is 4.36. The van der Waals surface area contributed by atoms with Crippen LogP contribution in [-0.4, -0.2) is 11.9 Å². The molecule has 0 aliphatic heterocycles. The lowest BCUT2D eigenvalue weighted by Crippen LogP contribution is -2.33. The van der Waals surface area contributed by atoms with Crippen LogP contribution in [0, 0.1) is 13.8 Å². The van der Waals surface area contributed by atoms with E-state index in [1.807, 2.05) is 45.9 Å². The van der Waals surface area contributed by atoms with Crippen LogP contribution >= 0.6 is 11.6 Å². The highest BCUT2D eigenvalue weighted by Crippen LogP contribution is 2.27. The van der Waals surface area contributed by atoms with Crippen molar-refractivity contribution < 1.29 is 4.79 Å². The van der Waals surface area contributed by atoms with Gasteiger partial charge in [0.25, 0.3) is 0 Å². The molecule has 2 nitrogen and oxygen atoms in total. The fourth-order valence-electron chi connectivity index (χ4n) is 1.72. The fraction of sp³-hybridized carbons (Fsp3) is 0.462. The van der Waals surface area contributed by atoms with Gasteiger partial charge in [-0.1, -0.05) is 18.2 Å². The van der Waals surface area contributed by atoms with Crippen LogP contribution in [0.1, 0.15) is 35.9 Å². The lowest BCUT2D eigenvalue weighted by atomic mass is 9.99. The van der Waals surface area contributed by atoms with Crippen LogP contribution in [0.2, 0.25) is 0 Å². The summed E-state index contributed by atoms with van der Waals surface area (Å²) in [5.41, 5.74) is 3.03. The zero-order valence-corrected chi connectivity index (χ0v) is 10.9. The van der Waals surface area contributed by atoms with E-state index in [1.165, 1.54) is 0 Å². The predicted octanol–water partition coefficient (Wildman–Crippen LogP) is 3.11. The number of hydrogen-bond donors (Lipinski definition) is 1. The van der Waals surface area contributed by atoms with E-state index in [2.05, 4.69) is 5.32 Å². The van der Waals surface area contributed by atoms with Gasteiger partial charge in [0.05, 0.1) is 0 Å². The normalized spacial score (nSPS) is 12.6. The lowest BCUT2D eigenvalue weighted by Gasteiger charge is -2.17. The highest BCUT2D eigenvalue weighted by atomic mass is 35.5. The fourth-order valence-corrected chi connectivity index (χ4v) is 2.12. The van der Waals surface area contributed by atoms with E-state index in [9.17, 15) is 4.79 Å². The Balaban J connectivity index is 2.96. The number of hydrogen-bond acceptors (Lipinski definition) is 1. The Bertz CT molecular complexity index is 367. The maximum Gasteiger partial charge on any atom is 0.242 e. The Morgan fingerprint density at radius 2 is 1.75 bits per heavy atom. The molecule has 0 heterocycles. The molecular formula is C13H18ClNO. The number of halogens is 1. The van der Waals surface area contributed by atoms with Gasteiger partial charge in [-0.25, -0.2) is 0 Å². The minimum Gasteiger partial charge on any atom is -0.352 e. The van der Waals surface area contributed by atoms with Crippen molar-refractivity contribution in [2.45, 2.75) is 39.1 Å². The molecule has 1 aromatic carbocycles. The summed E-state index contributed by atoms with van der Waals surface area (Å²) in [7, 11) is 0. The zero-order chi connectivity index (χ0) is 12.3. The van der Waals surface area contributed by atoms with Crippen LogP contribution < -0.4 is 5.32 Å². The van der Waals surface area contributed by atoms with Crippen molar-refractivity contribution in [2.75, 3.05) is 0 Å². The van der Waals surface area contributed by atoms with Gasteiger partial charge in [-0.15, -0.1) is 11.6 Å². The molecule has 16 heavy (non-hydrogen) atoms. The van der Waals surface area contributed by atoms with E-state index in [-0.39, 0.29) is 11.9 Å².